The van der Waals surface area contributed by atoms with E-state index >= 15 is 0 Å². The number of nitrogens with two attached hydrogens (primary N) is 1. The summed E-state index contributed by atoms with van der Waals surface area (Å²) < 4.78 is 4.33. The molecule has 0 aliphatic heterocycles. The van der Waals surface area contributed by atoms with E-state index in [1.165, 1.54) is 0 Å². The van der Waals surface area contributed by atoms with Crippen LogP contribution < -0.4 is 5.73 Å². The quantitative estimate of drug-likeness (QED) is 0.348. The van der Waals surface area contributed by atoms with Gasteiger partial charge in [0.1, 0.15) is 6.61 Å². The van der Waals surface area contributed by atoms with E-state index in [2.05, 4.69) is 4.74 Å². The van der Waals surface area contributed by atoms with E-state index in [0.717, 1.165) is 0 Å². The van der Waals surface area contributed by atoms with Crippen LogP contribution in [0, 0.1) is 0 Å². The molecule has 0 heterocycles. The number of aliphatic hydroxyl groups is 1. The molecule has 0 spiro atoms. The van der Waals surface area contributed by atoms with Gasteiger partial charge in [-0.05, 0) is 0 Å². The fourth-order valence-electron chi connectivity index (χ4n) is 0.218. The molecule has 4 nitrogen and oxygen atoms in total. The van der Waals surface area contributed by atoms with Crippen LogP contribution in [0.3, 0.4) is 0 Å². The molecule has 0 amide bonds. The second-order valence-electron chi connectivity index (χ2n) is 1.15. The van der Waals surface area contributed by atoms with Crippen molar-refractivity contribution in [1.29, 1.82) is 0 Å². The van der Waals surface area contributed by atoms with Crippen molar-refractivity contribution in [2.24, 2.45) is 5.73 Å². The summed E-state index contributed by atoms with van der Waals surface area (Å²) >= 11 is 0. The van der Waals surface area contributed by atoms with Crippen molar-refractivity contribution in [2.75, 3.05) is 19.8 Å². The number of hydrogen-bond acceptors (Lipinski definition) is 4. The summed E-state index contributed by atoms with van der Waals surface area (Å²) in [6.07, 6.45) is 0. The van der Waals surface area contributed by atoms with Crippen molar-refractivity contribution in [2.45, 2.75) is 0 Å². The predicted molar refractivity (Wildman–Crippen MR) is 34.2 cm³/mol. The van der Waals surface area contributed by atoms with E-state index in [4.69, 9.17) is 10.8 Å². The van der Waals surface area contributed by atoms with Gasteiger partial charge in [-0.15, -0.1) is 0 Å². The number of esters is 1. The average Bonchev–Trinajstić information content (AvgIpc) is 1.83. The van der Waals surface area contributed by atoms with Gasteiger partial charge in [-0.3, -0.25) is 4.79 Å². The van der Waals surface area contributed by atoms with E-state index < -0.39 is 5.97 Å². The average molecular weight is 143 g/mol. The molecule has 0 rings (SSSR count). The van der Waals surface area contributed by atoms with E-state index in [1.807, 2.05) is 0 Å². The molecule has 0 saturated carbocycles. The Labute approximate surface area is 75.7 Å². The molecule has 0 radical (unpaired) electrons. The van der Waals surface area contributed by atoms with Gasteiger partial charge in [-0.2, -0.15) is 0 Å². The second-order valence-corrected chi connectivity index (χ2v) is 1.15. The number of rotatable bonds is 3. The van der Waals surface area contributed by atoms with Crippen molar-refractivity contribution in [1.82, 2.24) is 0 Å². The summed E-state index contributed by atoms with van der Waals surface area (Å²) in [6, 6.07) is 0. The molecule has 3 N–H and O–H groups in total. The van der Waals surface area contributed by atoms with Crippen molar-refractivity contribution in [3.8, 4) is 0 Å². The minimum atomic E-state index is -0.487. The molecular formula is C4H10NNaO3. The van der Waals surface area contributed by atoms with Crippen LogP contribution in [0.25, 0.3) is 0 Å². The Balaban J connectivity index is 0. The van der Waals surface area contributed by atoms with Gasteiger partial charge in [0, 0.05) is 0 Å². The normalized spacial score (nSPS) is 7.78. The van der Waals surface area contributed by atoms with Gasteiger partial charge in [0.05, 0.1) is 13.2 Å². The predicted octanol–water partition coefficient (Wildman–Crippen LogP) is -2.17. The molecule has 0 aromatic carbocycles. The fraction of sp³-hybridized carbons (Fsp3) is 0.750. The van der Waals surface area contributed by atoms with Crippen LogP contribution in [0.15, 0.2) is 0 Å². The van der Waals surface area contributed by atoms with E-state index in [9.17, 15) is 4.79 Å². The van der Waals surface area contributed by atoms with Gasteiger partial charge in [0.15, 0.2) is 0 Å². The maximum atomic E-state index is 10.1. The van der Waals surface area contributed by atoms with E-state index in [-0.39, 0.29) is 49.3 Å². The third-order valence-electron chi connectivity index (χ3n) is 0.521. The Kier molecular flexibility index (Phi) is 11.3. The van der Waals surface area contributed by atoms with Crippen LogP contribution in [-0.2, 0) is 9.53 Å². The molecule has 0 aliphatic rings. The molecule has 0 aromatic heterocycles. The van der Waals surface area contributed by atoms with Crippen molar-refractivity contribution in [3.05, 3.63) is 0 Å². The van der Waals surface area contributed by atoms with Crippen LogP contribution in [0.5, 0.6) is 0 Å². The molecule has 0 fully saturated rings. The van der Waals surface area contributed by atoms with Crippen molar-refractivity contribution < 1.29 is 14.6 Å². The molecule has 5 heteroatoms. The standard InChI is InChI=1S/C4H9NO3.Na.H/c5-3-4(7)8-2-1-6;;/h6H,1-3,5H2;;. The summed E-state index contributed by atoms with van der Waals surface area (Å²) in [4.78, 5) is 10.1. The van der Waals surface area contributed by atoms with E-state index in [0.29, 0.717) is 0 Å². The number of hydrogen-bond donors (Lipinski definition) is 2. The summed E-state index contributed by atoms with van der Waals surface area (Å²) in [5.41, 5.74) is 4.86. The minimum absolute atomic E-state index is 0. The van der Waals surface area contributed by atoms with Gasteiger partial charge in [-0.1, -0.05) is 0 Å². The summed E-state index contributed by atoms with van der Waals surface area (Å²) in [5.74, 6) is -0.487. The number of aliphatic hydroxyl groups excluding tert-OH is 1. The number of ether oxygens (including phenoxy) is 1. The zero-order chi connectivity index (χ0) is 6.41. The molecule has 0 aliphatic carbocycles. The second kappa shape index (κ2) is 8.39. The summed E-state index contributed by atoms with van der Waals surface area (Å²) in [6.45, 7) is -0.234. The molecule has 0 aromatic rings. The van der Waals surface area contributed by atoms with Crippen molar-refractivity contribution >= 4 is 35.5 Å². The Morgan fingerprint density at radius 3 is 2.56 bits per heavy atom. The number of carbonyl (C=O) groups is 1. The van der Waals surface area contributed by atoms with Gasteiger partial charge in [0.25, 0.3) is 0 Å². The van der Waals surface area contributed by atoms with Gasteiger partial charge >= 0.3 is 35.5 Å². The zero-order valence-corrected chi connectivity index (χ0v) is 4.46. The third kappa shape index (κ3) is 8.39. The molecule has 50 valence electrons. The van der Waals surface area contributed by atoms with Crippen LogP contribution in [-0.4, -0.2) is 60.4 Å². The first kappa shape index (κ1) is 12.1. The van der Waals surface area contributed by atoms with Crippen LogP contribution in [0.2, 0.25) is 0 Å². The van der Waals surface area contributed by atoms with Crippen LogP contribution in [0.1, 0.15) is 0 Å². The Morgan fingerprint density at radius 2 is 2.22 bits per heavy atom. The zero-order valence-electron chi connectivity index (χ0n) is 4.46. The van der Waals surface area contributed by atoms with Crippen molar-refractivity contribution in [3.63, 3.8) is 0 Å². The Bertz CT molecular complexity index is 78.2. The topological polar surface area (TPSA) is 72.6 Å². The summed E-state index contributed by atoms with van der Waals surface area (Å²) in [7, 11) is 0. The molecule has 0 unspecified atom stereocenters. The third-order valence-corrected chi connectivity index (χ3v) is 0.521. The van der Waals surface area contributed by atoms with Gasteiger partial charge < -0.3 is 15.6 Å². The maximum absolute atomic E-state index is 10.1. The first-order valence-corrected chi connectivity index (χ1v) is 2.27. The van der Waals surface area contributed by atoms with E-state index in [1.54, 1.807) is 0 Å². The SMILES string of the molecule is NCC(=O)OCCO.[NaH]. The molecule has 0 atom stereocenters. The molecular weight excluding hydrogens is 133 g/mol. The molecule has 0 bridgehead atoms. The monoisotopic (exact) mass is 143 g/mol. The first-order valence-electron chi connectivity index (χ1n) is 2.27. The van der Waals surface area contributed by atoms with Crippen LogP contribution >= 0.6 is 0 Å². The Hall–Kier alpha value is 0.390. The van der Waals surface area contributed by atoms with Gasteiger partial charge in [0.2, 0.25) is 0 Å². The summed E-state index contributed by atoms with van der Waals surface area (Å²) in [5, 5.41) is 8.09. The Morgan fingerprint density at radius 1 is 1.67 bits per heavy atom. The molecule has 9 heavy (non-hydrogen) atoms. The first-order chi connectivity index (χ1) is 3.81. The number of carbonyl (C=O) groups excluding carboxylic acids is 1. The fourth-order valence-corrected chi connectivity index (χ4v) is 0.218. The molecule has 0 saturated heterocycles. The van der Waals surface area contributed by atoms with Gasteiger partial charge in [-0.25, -0.2) is 0 Å². The van der Waals surface area contributed by atoms with Crippen LogP contribution in [0.4, 0.5) is 0 Å².